The molecule has 0 saturated carbocycles. The van der Waals surface area contributed by atoms with E-state index < -0.39 is 0 Å². The molecule has 0 amide bonds. The van der Waals surface area contributed by atoms with Crippen molar-refractivity contribution in [3.05, 3.63) is 282 Å². The lowest BCUT2D eigenvalue weighted by molar-refractivity contribution is 1.04. The monoisotopic (exact) mass is 1070 g/mol. The van der Waals surface area contributed by atoms with Gasteiger partial charge >= 0.3 is 0 Å². The van der Waals surface area contributed by atoms with Gasteiger partial charge in [-0.3, -0.25) is 0 Å². The first-order valence-corrected chi connectivity index (χ1v) is 28.8. The number of aryl methyl sites for hydroxylation is 3. The fourth-order valence-corrected chi connectivity index (χ4v) is 12.8. The van der Waals surface area contributed by atoms with Crippen molar-refractivity contribution in [3.63, 3.8) is 0 Å². The zero-order valence-electron chi connectivity index (χ0n) is 47.4. The Kier molecular flexibility index (Phi) is 13.1. The predicted molar refractivity (Wildman–Crippen MR) is 349 cm³/mol. The van der Waals surface area contributed by atoms with Crippen LogP contribution in [0, 0.1) is 27.7 Å². The molecule has 10 aromatic carbocycles. The van der Waals surface area contributed by atoms with Gasteiger partial charge in [0, 0.05) is 60.9 Å². The minimum atomic E-state index is 0.591. The maximum Gasteiger partial charge on any atom is 0.164 e. The van der Waals surface area contributed by atoms with Crippen LogP contribution >= 0.6 is 0 Å². The van der Waals surface area contributed by atoms with E-state index >= 15 is 0 Å². The van der Waals surface area contributed by atoms with Crippen LogP contribution < -0.4 is 0 Å². The van der Waals surface area contributed by atoms with Gasteiger partial charge in [0.05, 0.1) is 22.2 Å². The van der Waals surface area contributed by atoms with Crippen LogP contribution in [0.2, 0.25) is 0 Å². The summed E-state index contributed by atoms with van der Waals surface area (Å²) in [6, 6.07) is 81.7. The Morgan fingerprint density at radius 3 is 1.48 bits per heavy atom. The van der Waals surface area contributed by atoms with E-state index in [1.165, 1.54) is 72.1 Å². The number of fused-ring (bicyclic) bond motifs is 4. The first kappa shape index (κ1) is 51.0. The van der Waals surface area contributed by atoms with E-state index in [1.807, 2.05) is 36.4 Å². The van der Waals surface area contributed by atoms with Crippen molar-refractivity contribution in [1.29, 1.82) is 0 Å². The molecule has 0 aliphatic heterocycles. The van der Waals surface area contributed by atoms with E-state index in [2.05, 4.69) is 262 Å². The molecule has 0 atom stereocenters. The first-order chi connectivity index (χ1) is 40.8. The van der Waals surface area contributed by atoms with E-state index in [9.17, 15) is 0 Å². The van der Waals surface area contributed by atoms with Crippen molar-refractivity contribution < 1.29 is 0 Å². The van der Waals surface area contributed by atoms with Crippen molar-refractivity contribution in [2.75, 3.05) is 0 Å². The number of rotatable bonds is 11. The normalized spacial score (nSPS) is 12.5. The highest BCUT2D eigenvalue weighted by atomic mass is 15.0. The molecule has 0 unspecified atom stereocenters. The van der Waals surface area contributed by atoms with Gasteiger partial charge in [0.1, 0.15) is 0 Å². The minimum absolute atomic E-state index is 0.591. The summed E-state index contributed by atoms with van der Waals surface area (Å²) in [6.45, 7) is 11.0. The Bertz CT molecular complexity index is 4650. The molecule has 0 fully saturated rings. The van der Waals surface area contributed by atoms with Gasteiger partial charge in [-0.25, -0.2) is 15.0 Å². The molecular formula is C78H61N5. The van der Waals surface area contributed by atoms with Gasteiger partial charge in [-0.05, 0) is 152 Å². The van der Waals surface area contributed by atoms with Crippen LogP contribution in [-0.4, -0.2) is 24.1 Å². The molecule has 5 heteroatoms. The third-order valence-corrected chi connectivity index (χ3v) is 16.6. The van der Waals surface area contributed by atoms with Gasteiger partial charge in [-0.15, -0.1) is 0 Å². The quantitative estimate of drug-likeness (QED) is 0.130. The van der Waals surface area contributed by atoms with Crippen LogP contribution in [0.5, 0.6) is 0 Å². The number of nitrogens with zero attached hydrogens (tertiary/aromatic N) is 5. The molecule has 0 bridgehead atoms. The van der Waals surface area contributed by atoms with E-state index in [0.717, 1.165) is 85.1 Å². The predicted octanol–water partition coefficient (Wildman–Crippen LogP) is 20.6. The fourth-order valence-electron chi connectivity index (χ4n) is 12.8. The average molecular weight is 1070 g/mol. The Morgan fingerprint density at radius 2 is 0.892 bits per heavy atom. The molecule has 5 nitrogen and oxygen atoms in total. The molecule has 13 aromatic rings. The van der Waals surface area contributed by atoms with E-state index in [4.69, 9.17) is 15.0 Å². The van der Waals surface area contributed by atoms with Gasteiger partial charge in [0.25, 0.3) is 0 Å². The third kappa shape index (κ3) is 9.30. The molecule has 0 spiro atoms. The molecule has 0 N–H and O–H groups in total. The summed E-state index contributed by atoms with van der Waals surface area (Å²) in [5, 5.41) is 3.57. The van der Waals surface area contributed by atoms with Gasteiger partial charge in [0.15, 0.2) is 17.5 Å². The lowest BCUT2D eigenvalue weighted by Crippen LogP contribution is -2.04. The topological polar surface area (TPSA) is 48.5 Å². The summed E-state index contributed by atoms with van der Waals surface area (Å²) in [5.74, 6) is 1.82. The van der Waals surface area contributed by atoms with E-state index in [-0.39, 0.29) is 0 Å². The van der Waals surface area contributed by atoms with Gasteiger partial charge in [-0.2, -0.15) is 0 Å². The lowest BCUT2D eigenvalue weighted by atomic mass is 9.90. The number of hydrogen-bond donors (Lipinski definition) is 0. The third-order valence-electron chi connectivity index (χ3n) is 16.6. The summed E-state index contributed by atoms with van der Waals surface area (Å²) in [5.41, 5.74) is 26.0. The van der Waals surface area contributed by atoms with E-state index in [0.29, 0.717) is 17.5 Å². The highest BCUT2D eigenvalue weighted by molar-refractivity contribution is 6.13. The van der Waals surface area contributed by atoms with Crippen LogP contribution in [0.4, 0.5) is 0 Å². The minimum Gasteiger partial charge on any atom is -0.313 e. The molecule has 14 rings (SSSR count). The number of allylic oxidation sites excluding steroid dienone is 5. The van der Waals surface area contributed by atoms with Crippen molar-refractivity contribution in [1.82, 2.24) is 24.1 Å². The molecule has 3 heterocycles. The first-order valence-electron chi connectivity index (χ1n) is 28.8. The van der Waals surface area contributed by atoms with Crippen LogP contribution in [-0.2, 0) is 0 Å². The number of benzene rings is 10. The zero-order chi connectivity index (χ0) is 56.1. The summed E-state index contributed by atoms with van der Waals surface area (Å²) in [6.07, 6.45) is 13.4. The van der Waals surface area contributed by atoms with Crippen LogP contribution in [0.3, 0.4) is 0 Å². The Balaban J connectivity index is 1.10. The molecule has 0 saturated heterocycles. The molecule has 0 radical (unpaired) electrons. The lowest BCUT2D eigenvalue weighted by Gasteiger charge is -2.22. The Hall–Kier alpha value is -10.2. The Morgan fingerprint density at radius 1 is 0.398 bits per heavy atom. The van der Waals surface area contributed by atoms with Crippen LogP contribution in [0.15, 0.2) is 249 Å². The van der Waals surface area contributed by atoms with Crippen LogP contribution in [0.25, 0.3) is 134 Å². The van der Waals surface area contributed by atoms with Gasteiger partial charge < -0.3 is 9.13 Å². The average Bonchev–Trinajstić information content (AvgIpc) is 3.33. The molecule has 83 heavy (non-hydrogen) atoms. The van der Waals surface area contributed by atoms with Crippen molar-refractivity contribution >= 4 is 44.4 Å². The van der Waals surface area contributed by atoms with Crippen LogP contribution in [0.1, 0.15) is 53.3 Å². The fraction of sp³-hybridized carbons (Fsp3) is 0.0897. The summed E-state index contributed by atoms with van der Waals surface area (Å²) >= 11 is 0. The summed E-state index contributed by atoms with van der Waals surface area (Å²) < 4.78 is 4.98. The molecule has 1 aliphatic rings. The smallest absolute Gasteiger partial charge is 0.164 e. The van der Waals surface area contributed by atoms with Crippen molar-refractivity contribution in [3.8, 4) is 90.0 Å². The van der Waals surface area contributed by atoms with Crippen molar-refractivity contribution in [2.24, 2.45) is 0 Å². The standard InChI is InChI=1S/C78H61N5/c1-6-21-65-53(5)82(71-31-20-19-30-66(65)71)64-41-43-73-70(49-64)69-46-62(74-51(3)44-50(2)45-52(74)4)40-42-72(69)83(73)75-67(58-36-32-56(33-37-58)54-22-11-7-12-23-54)47-63(48-68(75)59-38-34-57(35-39-59)55-24-13-8-14-25-55)78-80-76(60-26-15-9-16-27-60)79-77(81-78)61-28-17-10-18-29-61/h6-7,9-13,15-49H,8,14H2,1-5H3/b21-6-. The van der Waals surface area contributed by atoms with E-state index in [1.54, 1.807) is 0 Å². The summed E-state index contributed by atoms with van der Waals surface area (Å²) in [4.78, 5) is 15.9. The second-order valence-electron chi connectivity index (χ2n) is 22.0. The number of para-hydroxylation sites is 1. The maximum absolute atomic E-state index is 5.38. The molecule has 398 valence electrons. The largest absolute Gasteiger partial charge is 0.313 e. The zero-order valence-corrected chi connectivity index (χ0v) is 47.4. The molecule has 1 aliphatic carbocycles. The molecular weight excluding hydrogens is 1010 g/mol. The number of hydrogen-bond acceptors (Lipinski definition) is 3. The number of aromatic nitrogens is 5. The Labute approximate surface area is 485 Å². The second-order valence-corrected chi connectivity index (χ2v) is 22.0. The maximum atomic E-state index is 5.38. The van der Waals surface area contributed by atoms with Gasteiger partial charge in [0.2, 0.25) is 0 Å². The van der Waals surface area contributed by atoms with Gasteiger partial charge in [-0.1, -0.05) is 212 Å². The second kappa shape index (κ2) is 21.3. The van der Waals surface area contributed by atoms with Crippen molar-refractivity contribution in [2.45, 2.75) is 47.5 Å². The SMILES string of the molecule is C/C=C\c1c(C)n(-c2ccc3c(c2)c2cc(-c4c(C)cc(C)cc4C)ccc2n3-c2c(-c3ccc(C4=CCCC=C4)cc3)cc(-c3nc(-c4ccccc4)nc(-c4ccccc4)n3)cc2-c2ccc(-c3ccccc3)cc2)c2ccccc12. The summed E-state index contributed by atoms with van der Waals surface area (Å²) in [7, 11) is 0. The highest BCUT2D eigenvalue weighted by Crippen LogP contribution is 2.46. The molecule has 3 aromatic heterocycles. The highest BCUT2D eigenvalue weighted by Gasteiger charge is 2.25.